The van der Waals surface area contributed by atoms with E-state index in [1.807, 2.05) is 42.5 Å². The third-order valence-corrected chi connectivity index (χ3v) is 6.98. The molecule has 0 fully saturated rings. The lowest BCUT2D eigenvalue weighted by molar-refractivity contribution is 0.0983. The Kier molecular flexibility index (Phi) is 4.84. The van der Waals surface area contributed by atoms with Crippen LogP contribution in [0, 0.1) is 0 Å². The molecule has 5 aromatic rings. The van der Waals surface area contributed by atoms with Gasteiger partial charge in [0, 0.05) is 0 Å². The number of fused-ring (bicyclic) bond motifs is 2. The van der Waals surface area contributed by atoms with Crippen molar-refractivity contribution in [3.8, 4) is 0 Å². The highest BCUT2D eigenvalue weighted by Crippen LogP contribution is 2.35. The van der Waals surface area contributed by atoms with Gasteiger partial charge in [0.25, 0.3) is 5.91 Å². The minimum Gasteiger partial charge on any atom is -0.467 e. The van der Waals surface area contributed by atoms with Gasteiger partial charge in [-0.25, -0.2) is 9.97 Å². The van der Waals surface area contributed by atoms with Gasteiger partial charge >= 0.3 is 0 Å². The van der Waals surface area contributed by atoms with Crippen molar-refractivity contribution in [1.29, 1.82) is 0 Å². The van der Waals surface area contributed by atoms with Crippen molar-refractivity contribution in [2.24, 2.45) is 0 Å². The van der Waals surface area contributed by atoms with E-state index in [2.05, 4.69) is 31.0 Å². The van der Waals surface area contributed by atoms with Crippen LogP contribution in [0.15, 0.2) is 65.3 Å². The monoisotopic (exact) mass is 433 g/mol. The molecule has 0 aliphatic heterocycles. The molecular formula is C23H19N3O2S2. The molecule has 0 saturated heterocycles. The summed E-state index contributed by atoms with van der Waals surface area (Å²) in [4.78, 5) is 24.6. The predicted molar refractivity (Wildman–Crippen MR) is 123 cm³/mol. The molecule has 0 radical (unpaired) electrons. The number of hydrogen-bond acceptors (Lipinski definition) is 6. The van der Waals surface area contributed by atoms with E-state index in [-0.39, 0.29) is 5.91 Å². The van der Waals surface area contributed by atoms with Gasteiger partial charge < -0.3 is 4.42 Å². The molecule has 0 atom stereocenters. The van der Waals surface area contributed by atoms with E-state index < -0.39 is 0 Å². The van der Waals surface area contributed by atoms with Gasteiger partial charge in [0.15, 0.2) is 10.1 Å². The molecular weight excluding hydrogens is 414 g/mol. The maximum atomic E-state index is 13.5. The van der Waals surface area contributed by atoms with Crippen molar-refractivity contribution in [3.63, 3.8) is 0 Å². The molecule has 30 heavy (non-hydrogen) atoms. The largest absolute Gasteiger partial charge is 0.467 e. The second-order valence-corrected chi connectivity index (χ2v) is 9.34. The quantitative estimate of drug-likeness (QED) is 0.319. The summed E-state index contributed by atoms with van der Waals surface area (Å²) in [5.41, 5.74) is 2.96. The molecule has 3 heterocycles. The summed E-state index contributed by atoms with van der Waals surface area (Å²) in [6, 6.07) is 17.7. The molecule has 5 rings (SSSR count). The highest BCUT2D eigenvalue weighted by Gasteiger charge is 2.26. The first-order valence-electron chi connectivity index (χ1n) is 9.69. The number of para-hydroxylation sites is 2. The summed E-state index contributed by atoms with van der Waals surface area (Å²) in [6.07, 6.45) is 1.62. The molecule has 0 aliphatic rings. The number of carbonyl (C=O) groups excluding carboxylic acids is 1. The van der Waals surface area contributed by atoms with Gasteiger partial charge in [0.2, 0.25) is 0 Å². The van der Waals surface area contributed by atoms with E-state index in [1.54, 1.807) is 11.2 Å². The number of rotatable bonds is 5. The molecule has 1 amide bonds. The maximum Gasteiger partial charge on any atom is 0.289 e. The summed E-state index contributed by atoms with van der Waals surface area (Å²) >= 11 is 2.92. The average Bonchev–Trinajstić information content (AvgIpc) is 3.49. The number of nitrogens with zero attached hydrogens (tertiary/aromatic N) is 3. The molecule has 0 unspecified atom stereocenters. The number of anilines is 1. The summed E-state index contributed by atoms with van der Waals surface area (Å²) in [6.45, 7) is 4.61. The molecule has 0 N–H and O–H groups in total. The SMILES string of the molecule is CC(C)c1cccc2sc(N(Cc3ccco3)C(=O)c3nc4ccccc4s3)nc12. The van der Waals surface area contributed by atoms with E-state index >= 15 is 0 Å². The zero-order valence-corrected chi connectivity index (χ0v) is 18.2. The maximum absolute atomic E-state index is 13.5. The smallest absolute Gasteiger partial charge is 0.289 e. The van der Waals surface area contributed by atoms with Crippen LogP contribution in [0.2, 0.25) is 0 Å². The van der Waals surface area contributed by atoms with Gasteiger partial charge in [-0.1, -0.05) is 49.4 Å². The van der Waals surface area contributed by atoms with Gasteiger partial charge in [-0.3, -0.25) is 9.69 Å². The standard InChI is InChI=1S/C23H19N3O2S2/c1-14(2)16-8-5-11-19-20(16)25-23(30-19)26(13-15-7-6-12-28-15)22(27)21-24-17-9-3-4-10-18(17)29-21/h3-12,14H,13H2,1-2H3. The Balaban J connectivity index is 1.60. The molecule has 2 aromatic carbocycles. The van der Waals surface area contributed by atoms with Gasteiger partial charge in [0.05, 0.1) is 33.2 Å². The van der Waals surface area contributed by atoms with E-state index in [4.69, 9.17) is 9.40 Å². The minimum atomic E-state index is -0.169. The Morgan fingerprint density at radius 2 is 1.83 bits per heavy atom. The molecule has 0 saturated carbocycles. The van der Waals surface area contributed by atoms with Crippen LogP contribution in [0.5, 0.6) is 0 Å². The predicted octanol–water partition coefficient (Wildman–Crippen LogP) is 6.47. The summed E-state index contributed by atoms with van der Waals surface area (Å²) < 4.78 is 7.59. The molecule has 0 bridgehead atoms. The lowest BCUT2D eigenvalue weighted by atomic mass is 10.0. The van der Waals surface area contributed by atoms with Crippen LogP contribution in [0.3, 0.4) is 0 Å². The Morgan fingerprint density at radius 3 is 2.60 bits per heavy atom. The fourth-order valence-electron chi connectivity index (χ4n) is 3.40. The Bertz CT molecular complexity index is 1300. The Morgan fingerprint density at radius 1 is 1.00 bits per heavy atom. The Hall–Kier alpha value is -3.03. The van der Waals surface area contributed by atoms with Crippen molar-refractivity contribution in [2.75, 3.05) is 4.90 Å². The van der Waals surface area contributed by atoms with Crippen LogP contribution in [-0.2, 0) is 6.54 Å². The molecule has 3 aromatic heterocycles. The van der Waals surface area contributed by atoms with Gasteiger partial charge in [0.1, 0.15) is 5.76 Å². The second kappa shape index (κ2) is 7.66. The van der Waals surface area contributed by atoms with E-state index in [0.717, 1.165) is 20.4 Å². The van der Waals surface area contributed by atoms with Crippen LogP contribution in [0.1, 0.15) is 40.9 Å². The van der Waals surface area contributed by atoms with Crippen LogP contribution in [0.4, 0.5) is 5.13 Å². The number of benzene rings is 2. The van der Waals surface area contributed by atoms with Crippen LogP contribution < -0.4 is 4.90 Å². The number of aromatic nitrogens is 2. The first-order valence-corrected chi connectivity index (χ1v) is 11.3. The second-order valence-electron chi connectivity index (χ2n) is 7.30. The number of carbonyl (C=O) groups is 1. The molecule has 0 spiro atoms. The molecule has 0 aliphatic carbocycles. The fraction of sp³-hybridized carbons (Fsp3) is 0.174. The van der Waals surface area contributed by atoms with Crippen LogP contribution in [0.25, 0.3) is 20.4 Å². The first kappa shape index (κ1) is 19.0. The van der Waals surface area contributed by atoms with Crippen LogP contribution >= 0.6 is 22.7 Å². The van der Waals surface area contributed by atoms with E-state index in [9.17, 15) is 4.79 Å². The van der Waals surface area contributed by atoms with Crippen LogP contribution in [-0.4, -0.2) is 15.9 Å². The minimum absolute atomic E-state index is 0.169. The third-order valence-electron chi connectivity index (χ3n) is 4.91. The van der Waals surface area contributed by atoms with Gasteiger partial charge in [-0.15, -0.1) is 11.3 Å². The van der Waals surface area contributed by atoms with Gasteiger partial charge in [-0.2, -0.15) is 0 Å². The van der Waals surface area contributed by atoms with Crippen molar-refractivity contribution < 1.29 is 9.21 Å². The number of hydrogen-bond donors (Lipinski definition) is 0. The van der Waals surface area contributed by atoms with E-state index in [0.29, 0.717) is 28.4 Å². The van der Waals surface area contributed by atoms with Gasteiger partial charge in [-0.05, 0) is 41.8 Å². The van der Waals surface area contributed by atoms with Crippen molar-refractivity contribution >= 4 is 54.1 Å². The summed E-state index contributed by atoms with van der Waals surface area (Å²) in [7, 11) is 0. The third kappa shape index (κ3) is 3.40. The lowest BCUT2D eigenvalue weighted by Gasteiger charge is -2.17. The number of furan rings is 1. The summed E-state index contributed by atoms with van der Waals surface area (Å²) in [5.74, 6) is 0.882. The summed E-state index contributed by atoms with van der Waals surface area (Å²) in [5, 5.41) is 1.10. The normalized spacial score (nSPS) is 11.6. The van der Waals surface area contributed by atoms with E-state index in [1.165, 1.54) is 28.2 Å². The Labute approximate surface area is 181 Å². The average molecular weight is 434 g/mol. The van der Waals surface area contributed by atoms with Crippen molar-refractivity contribution in [2.45, 2.75) is 26.3 Å². The van der Waals surface area contributed by atoms with Crippen molar-refractivity contribution in [1.82, 2.24) is 9.97 Å². The molecule has 5 nitrogen and oxygen atoms in total. The highest BCUT2D eigenvalue weighted by molar-refractivity contribution is 7.23. The fourth-order valence-corrected chi connectivity index (χ4v) is 5.32. The topological polar surface area (TPSA) is 59.2 Å². The molecule has 150 valence electrons. The van der Waals surface area contributed by atoms with Crippen molar-refractivity contribution in [3.05, 3.63) is 77.2 Å². The number of thiazole rings is 2. The highest BCUT2D eigenvalue weighted by atomic mass is 32.1. The molecule has 7 heteroatoms. The number of amides is 1. The zero-order valence-electron chi connectivity index (χ0n) is 16.5. The zero-order chi connectivity index (χ0) is 20.7. The lowest BCUT2D eigenvalue weighted by Crippen LogP contribution is -2.30. The first-order chi connectivity index (χ1) is 14.6.